The zero-order valence-corrected chi connectivity index (χ0v) is 19.4. The fourth-order valence-electron chi connectivity index (χ4n) is 5.32. The minimum Gasteiger partial charge on any atom is -0.396 e. The van der Waals surface area contributed by atoms with Gasteiger partial charge in [0.15, 0.2) is 0 Å². The third kappa shape index (κ3) is 3.33. The van der Waals surface area contributed by atoms with Crippen molar-refractivity contribution >= 4 is 44.6 Å². The highest BCUT2D eigenvalue weighted by atomic mass is 16.6. The molecule has 184 valence electrons. The van der Waals surface area contributed by atoms with Gasteiger partial charge < -0.3 is 26.6 Å². The molecule has 4 aromatic rings. The second-order valence-electron chi connectivity index (χ2n) is 9.85. The smallest absolute Gasteiger partial charge is 0.311 e. The molecule has 2 saturated carbocycles. The van der Waals surface area contributed by atoms with Gasteiger partial charge in [-0.15, -0.1) is 0 Å². The number of pyridine rings is 2. The summed E-state index contributed by atoms with van der Waals surface area (Å²) in [6.45, 7) is 0.0754. The van der Waals surface area contributed by atoms with Crippen molar-refractivity contribution in [2.75, 3.05) is 22.9 Å². The molecule has 2 aliphatic rings. The zero-order chi connectivity index (χ0) is 25.1. The zero-order valence-electron chi connectivity index (χ0n) is 19.4. The van der Waals surface area contributed by atoms with Crippen molar-refractivity contribution in [3.63, 3.8) is 0 Å². The van der Waals surface area contributed by atoms with E-state index in [1.165, 1.54) is 6.20 Å². The van der Waals surface area contributed by atoms with Gasteiger partial charge in [0.2, 0.25) is 0 Å². The van der Waals surface area contributed by atoms with Crippen molar-refractivity contribution in [2.45, 2.75) is 42.4 Å². The van der Waals surface area contributed by atoms with Crippen molar-refractivity contribution in [1.82, 2.24) is 9.97 Å². The summed E-state index contributed by atoms with van der Waals surface area (Å²) in [5.41, 5.74) is 4.79. The number of rotatable bonds is 8. The first kappa shape index (κ1) is 22.4. The first-order valence-electron chi connectivity index (χ1n) is 11.9. The van der Waals surface area contributed by atoms with E-state index >= 15 is 0 Å². The van der Waals surface area contributed by atoms with Gasteiger partial charge in [-0.25, -0.2) is 4.98 Å². The van der Waals surface area contributed by atoms with Crippen molar-refractivity contribution < 1.29 is 15.1 Å². The van der Waals surface area contributed by atoms with Crippen LogP contribution in [-0.2, 0) is 0 Å². The van der Waals surface area contributed by atoms with Crippen molar-refractivity contribution in [3.8, 4) is 0 Å². The Bertz CT molecular complexity index is 1500. The first-order chi connectivity index (χ1) is 17.3. The Balaban J connectivity index is 1.49. The van der Waals surface area contributed by atoms with Gasteiger partial charge in [0, 0.05) is 17.3 Å². The first-order valence-corrected chi connectivity index (χ1v) is 11.9. The van der Waals surface area contributed by atoms with Crippen LogP contribution in [0, 0.1) is 10.1 Å². The molecule has 0 aliphatic heterocycles. The third-order valence-corrected chi connectivity index (χ3v) is 7.66. The summed E-state index contributed by atoms with van der Waals surface area (Å²) in [7, 11) is 0. The van der Waals surface area contributed by atoms with Crippen molar-refractivity contribution in [3.05, 3.63) is 71.0 Å². The highest BCUT2D eigenvalue weighted by Gasteiger charge is 2.72. The number of para-hydroxylation sites is 2. The van der Waals surface area contributed by atoms with Crippen LogP contribution in [0.5, 0.6) is 0 Å². The molecule has 36 heavy (non-hydrogen) atoms. The average molecular weight is 487 g/mol. The molecule has 0 unspecified atom stereocenters. The van der Waals surface area contributed by atoms with Crippen LogP contribution in [0.15, 0.2) is 60.9 Å². The second-order valence-corrected chi connectivity index (χ2v) is 9.85. The number of nitrogens with zero attached hydrogens (tertiary/aromatic N) is 3. The van der Waals surface area contributed by atoms with Crippen LogP contribution in [0.25, 0.3) is 21.8 Å². The lowest BCUT2D eigenvalue weighted by molar-refractivity contribution is -0.384. The maximum absolute atomic E-state index is 12.0. The molecule has 0 radical (unpaired) electrons. The van der Waals surface area contributed by atoms with Crippen LogP contribution in [0.4, 0.5) is 22.7 Å². The third-order valence-electron chi connectivity index (χ3n) is 7.66. The Kier molecular flexibility index (Phi) is 4.83. The number of anilines is 3. The minimum absolute atomic E-state index is 0.0754. The van der Waals surface area contributed by atoms with E-state index in [9.17, 15) is 20.3 Å². The van der Waals surface area contributed by atoms with E-state index in [1.807, 2.05) is 24.3 Å². The van der Waals surface area contributed by atoms with Crippen LogP contribution in [0.2, 0.25) is 0 Å². The molecule has 10 heteroatoms. The lowest BCUT2D eigenvalue weighted by atomic mass is 9.80. The van der Waals surface area contributed by atoms with Gasteiger partial charge in [0.05, 0.1) is 44.7 Å². The molecular weight excluding hydrogens is 460 g/mol. The van der Waals surface area contributed by atoms with Gasteiger partial charge in [-0.3, -0.25) is 15.1 Å². The number of hydrogen-bond donors (Lipinski definition) is 5. The van der Waals surface area contributed by atoms with Crippen LogP contribution in [0.1, 0.15) is 25.7 Å². The normalized spacial score (nSPS) is 17.6. The molecule has 2 fully saturated rings. The molecule has 0 amide bonds. The van der Waals surface area contributed by atoms with Crippen LogP contribution in [-0.4, -0.2) is 48.4 Å². The van der Waals surface area contributed by atoms with Crippen molar-refractivity contribution in [1.29, 1.82) is 0 Å². The summed E-state index contributed by atoms with van der Waals surface area (Å²) < 4.78 is 0. The lowest BCUT2D eigenvalue weighted by Gasteiger charge is -2.45. The van der Waals surface area contributed by atoms with E-state index in [1.54, 1.807) is 30.5 Å². The van der Waals surface area contributed by atoms with E-state index in [0.29, 0.717) is 48.0 Å². The molecule has 2 aromatic carbocycles. The Morgan fingerprint density at radius 1 is 0.917 bits per heavy atom. The lowest BCUT2D eigenvalue weighted by Crippen LogP contribution is -2.65. The van der Waals surface area contributed by atoms with Gasteiger partial charge >= 0.3 is 5.69 Å². The molecule has 2 aliphatic carbocycles. The molecule has 2 aromatic heterocycles. The van der Waals surface area contributed by atoms with E-state index in [2.05, 4.69) is 20.6 Å². The number of fused-ring (bicyclic) bond motifs is 2. The molecule has 0 bridgehead atoms. The van der Waals surface area contributed by atoms with E-state index in [4.69, 9.17) is 5.73 Å². The van der Waals surface area contributed by atoms with Gasteiger partial charge in [0.1, 0.15) is 17.4 Å². The Morgan fingerprint density at radius 3 is 2.00 bits per heavy atom. The molecule has 0 spiro atoms. The number of benzene rings is 2. The van der Waals surface area contributed by atoms with E-state index in [-0.39, 0.29) is 17.9 Å². The highest BCUT2D eigenvalue weighted by molar-refractivity contribution is 5.98. The topological polar surface area (TPSA) is 159 Å². The van der Waals surface area contributed by atoms with Gasteiger partial charge in [-0.2, -0.15) is 0 Å². The predicted molar refractivity (Wildman–Crippen MR) is 138 cm³/mol. The molecule has 2 heterocycles. The number of nitrogens with two attached hydrogens (primary N) is 1. The largest absolute Gasteiger partial charge is 0.396 e. The molecule has 0 saturated heterocycles. The number of aromatic nitrogens is 2. The van der Waals surface area contributed by atoms with Crippen LogP contribution < -0.4 is 16.4 Å². The standard InChI is InChI=1S/C26H26N6O4/c27-18-13-28-19-7-3-1-5-16(19)22(18)30-15-26(24(33)9-10-24,25(34)11-12-25)31-23-17-6-2-4-8-20(17)29-14-21(23)32(35)36/h1-8,13-14,33-34H,9-12,15,27H2,(H,28,30)(H,29,31). The molecule has 6 N–H and O–H groups in total. The number of aliphatic hydroxyl groups is 2. The molecule has 10 nitrogen and oxygen atoms in total. The summed E-state index contributed by atoms with van der Waals surface area (Å²) in [6, 6.07) is 14.6. The quantitative estimate of drug-likeness (QED) is 0.185. The molecule has 0 atom stereocenters. The Labute approximate surface area is 206 Å². The van der Waals surface area contributed by atoms with Gasteiger partial charge in [0.25, 0.3) is 0 Å². The van der Waals surface area contributed by atoms with E-state index < -0.39 is 21.7 Å². The fourth-order valence-corrected chi connectivity index (χ4v) is 5.32. The number of nitro groups is 1. The minimum atomic E-state index is -1.33. The maximum Gasteiger partial charge on any atom is 0.311 e. The number of nitrogen functional groups attached to an aromatic ring is 1. The summed E-state index contributed by atoms with van der Waals surface area (Å²) >= 11 is 0. The summed E-state index contributed by atoms with van der Waals surface area (Å²) in [4.78, 5) is 20.1. The summed E-state index contributed by atoms with van der Waals surface area (Å²) in [5, 5.41) is 43.4. The monoisotopic (exact) mass is 486 g/mol. The van der Waals surface area contributed by atoms with Gasteiger partial charge in [-0.05, 0) is 37.8 Å². The predicted octanol–water partition coefficient (Wildman–Crippen LogP) is 3.59. The summed E-state index contributed by atoms with van der Waals surface area (Å²) in [5.74, 6) is 0. The maximum atomic E-state index is 12.0. The molecule has 6 rings (SSSR count). The van der Waals surface area contributed by atoms with E-state index in [0.717, 1.165) is 10.9 Å². The molecular formula is C26H26N6O4. The van der Waals surface area contributed by atoms with Crippen molar-refractivity contribution in [2.24, 2.45) is 0 Å². The average Bonchev–Trinajstić information content (AvgIpc) is 3.81. The SMILES string of the molecule is Nc1cnc2ccccc2c1NCC(Nc1c([N+](=O)[O-])cnc2ccccc12)(C1(O)CC1)C1(O)CC1. The van der Waals surface area contributed by atoms with Crippen LogP contribution >= 0.6 is 0 Å². The highest BCUT2D eigenvalue weighted by Crippen LogP contribution is 2.59. The van der Waals surface area contributed by atoms with Gasteiger partial charge in [-0.1, -0.05) is 36.4 Å². The Morgan fingerprint density at radius 2 is 1.44 bits per heavy atom. The number of nitrogens with one attached hydrogen (secondary N) is 2. The Hall–Kier alpha value is -4.02. The second kappa shape index (κ2) is 7.74. The number of hydrogen-bond acceptors (Lipinski definition) is 9. The fraction of sp³-hybridized carbons (Fsp3) is 0.308. The van der Waals surface area contributed by atoms with Crippen LogP contribution in [0.3, 0.4) is 0 Å². The summed E-state index contributed by atoms with van der Waals surface area (Å²) in [6.07, 6.45) is 4.59.